The first-order valence-electron chi connectivity index (χ1n) is 11.0. The maximum absolute atomic E-state index is 12.0. The van der Waals surface area contributed by atoms with Crippen molar-refractivity contribution in [2.75, 3.05) is 33.5 Å². The zero-order chi connectivity index (χ0) is 25.9. The molecule has 15 heteroatoms. The van der Waals surface area contributed by atoms with Crippen molar-refractivity contribution in [2.24, 2.45) is 0 Å². The summed E-state index contributed by atoms with van der Waals surface area (Å²) in [6.45, 7) is 2.91. The lowest BCUT2D eigenvalue weighted by atomic mass is 10.1. The summed E-state index contributed by atoms with van der Waals surface area (Å²) in [5.41, 5.74) is 0.665. The highest BCUT2D eigenvalue weighted by Gasteiger charge is 2.22. The van der Waals surface area contributed by atoms with Crippen LogP contribution in [0, 0.1) is 0 Å². The van der Waals surface area contributed by atoms with E-state index in [1.54, 1.807) is 18.0 Å². The van der Waals surface area contributed by atoms with Crippen LogP contribution in [0.15, 0.2) is 6.20 Å². The second kappa shape index (κ2) is 18.1. The molecular weight excluding hydrogens is 470 g/mol. The van der Waals surface area contributed by atoms with Gasteiger partial charge in [0.25, 0.3) is 6.47 Å². The number of nitrogens with zero attached hydrogens (tertiary/aromatic N) is 3. The minimum atomic E-state index is -1.39. The number of aliphatic carboxylic acids is 2. The number of rotatable bonds is 21. The molecule has 15 nitrogen and oxygen atoms in total. The highest BCUT2D eigenvalue weighted by molar-refractivity contribution is 5.83. The summed E-state index contributed by atoms with van der Waals surface area (Å²) in [6, 6.07) is -2.28. The number of hydrogen-bond donors (Lipinski definition) is 4. The average Bonchev–Trinajstić information content (AvgIpc) is 3.26. The summed E-state index contributed by atoms with van der Waals surface area (Å²) in [5.74, 6) is -2.56. The first kappa shape index (κ1) is 29.7. The summed E-state index contributed by atoms with van der Waals surface area (Å²) in [4.78, 5) is 44.6. The fourth-order valence-electron chi connectivity index (χ4n) is 2.77. The smallest absolute Gasteiger partial charge is 0.326 e. The Morgan fingerprint density at radius 1 is 1.09 bits per heavy atom. The summed E-state index contributed by atoms with van der Waals surface area (Å²) < 4.78 is 22.1. The summed E-state index contributed by atoms with van der Waals surface area (Å²) in [7, 11) is 1.60. The predicted octanol–water partition coefficient (Wildman–Crippen LogP) is -0.256. The molecule has 35 heavy (non-hydrogen) atoms. The number of urea groups is 1. The van der Waals surface area contributed by atoms with Crippen molar-refractivity contribution in [1.82, 2.24) is 25.6 Å². The van der Waals surface area contributed by atoms with Crippen molar-refractivity contribution in [2.45, 2.75) is 57.5 Å². The Morgan fingerprint density at radius 2 is 1.83 bits per heavy atom. The van der Waals surface area contributed by atoms with E-state index in [1.165, 1.54) is 0 Å². The highest BCUT2D eigenvalue weighted by atomic mass is 16.5. The lowest BCUT2D eigenvalue weighted by Gasteiger charge is -2.19. The Balaban J connectivity index is 2.31. The van der Waals surface area contributed by atoms with Crippen molar-refractivity contribution in [3.8, 4) is 0 Å². The molecule has 198 valence electrons. The van der Waals surface area contributed by atoms with Crippen LogP contribution in [0.5, 0.6) is 0 Å². The number of unbranched alkanes of at least 4 members (excludes halogenated alkanes) is 1. The van der Waals surface area contributed by atoms with E-state index in [-0.39, 0.29) is 19.3 Å². The molecule has 1 aromatic heterocycles. The van der Waals surface area contributed by atoms with Gasteiger partial charge in [-0.15, -0.1) is 5.10 Å². The van der Waals surface area contributed by atoms with E-state index in [0.29, 0.717) is 58.1 Å². The Bertz CT molecular complexity index is 775. The Hall–Kier alpha value is -3.30. The van der Waals surface area contributed by atoms with Crippen molar-refractivity contribution in [3.63, 3.8) is 0 Å². The van der Waals surface area contributed by atoms with E-state index in [0.717, 1.165) is 0 Å². The lowest BCUT2D eigenvalue weighted by Crippen LogP contribution is -2.49. The quantitative estimate of drug-likeness (QED) is 0.0974. The van der Waals surface area contributed by atoms with Crippen LogP contribution in [0.3, 0.4) is 0 Å². The molecule has 0 spiro atoms. The molecule has 0 saturated heterocycles. The first-order chi connectivity index (χ1) is 16.8. The summed E-state index contributed by atoms with van der Waals surface area (Å²) in [6.07, 6.45) is 1.51. The number of nitrogens with one attached hydrogen (secondary N) is 2. The van der Waals surface area contributed by atoms with Gasteiger partial charge < -0.3 is 39.8 Å². The van der Waals surface area contributed by atoms with E-state index in [2.05, 4.69) is 20.9 Å². The summed E-state index contributed by atoms with van der Waals surface area (Å²) >= 11 is 0. The van der Waals surface area contributed by atoms with Gasteiger partial charge in [-0.25, -0.2) is 9.59 Å². The first-order valence-corrected chi connectivity index (χ1v) is 11.0. The topological polar surface area (TPSA) is 200 Å². The van der Waals surface area contributed by atoms with E-state index < -0.39 is 36.7 Å². The van der Waals surface area contributed by atoms with Crippen molar-refractivity contribution in [3.05, 3.63) is 11.9 Å². The number of methoxy groups -OCH3 is 1. The molecule has 2 atom stereocenters. The SMILES string of the molecule is COCCOCCOCc1cn(CCCC[C@H](NC(=O)N[C@@H](CCC(=O)O)C(=O)O)OC=O)nn1. The number of carbonyl (C=O) groups excluding carboxylic acids is 2. The normalized spacial score (nSPS) is 12.5. The molecule has 2 amide bonds. The number of carboxylic acids is 2. The van der Waals surface area contributed by atoms with Crippen molar-refractivity contribution in [1.29, 1.82) is 0 Å². The molecule has 0 fully saturated rings. The maximum atomic E-state index is 12.0. The van der Waals surface area contributed by atoms with Gasteiger partial charge in [0.15, 0.2) is 6.23 Å². The van der Waals surface area contributed by atoms with Gasteiger partial charge in [-0.1, -0.05) is 5.21 Å². The second-order valence-corrected chi connectivity index (χ2v) is 7.29. The summed E-state index contributed by atoms with van der Waals surface area (Å²) in [5, 5.41) is 30.3. The van der Waals surface area contributed by atoms with Crippen LogP contribution in [0.4, 0.5) is 4.79 Å². The van der Waals surface area contributed by atoms with Crippen LogP contribution >= 0.6 is 0 Å². The fraction of sp³-hybridized carbons (Fsp3) is 0.700. The molecule has 0 aliphatic heterocycles. The predicted molar refractivity (Wildman–Crippen MR) is 117 cm³/mol. The van der Waals surface area contributed by atoms with Gasteiger partial charge >= 0.3 is 18.0 Å². The van der Waals surface area contributed by atoms with Crippen molar-refractivity contribution >= 4 is 24.4 Å². The number of ether oxygens (including phenoxy) is 4. The molecule has 4 N–H and O–H groups in total. The van der Waals surface area contributed by atoms with Gasteiger partial charge in [0, 0.05) is 26.5 Å². The third kappa shape index (κ3) is 14.5. The molecule has 0 aliphatic carbocycles. The third-order valence-electron chi connectivity index (χ3n) is 4.51. The molecule has 0 radical (unpaired) electrons. The van der Waals surface area contributed by atoms with E-state index in [9.17, 15) is 19.2 Å². The fourth-order valence-corrected chi connectivity index (χ4v) is 2.77. The van der Waals surface area contributed by atoms with Crippen LogP contribution in [-0.2, 0) is 46.5 Å². The minimum absolute atomic E-state index is 0.177. The standard InChI is InChI=1S/C20H33N5O10/c1-32-8-9-33-10-11-34-13-15-12-25(24-23-15)7-3-2-4-17(35-14-26)22-20(31)21-16(19(29)30)5-6-18(27)28/h12,14,16-17H,2-11,13H2,1H3,(H,27,28)(H,29,30)(H2,21,22,31)/t16-,17+/m0/s1. The third-order valence-corrected chi connectivity index (χ3v) is 4.51. The zero-order valence-electron chi connectivity index (χ0n) is 19.6. The van der Waals surface area contributed by atoms with Gasteiger partial charge in [0.05, 0.1) is 39.2 Å². The maximum Gasteiger partial charge on any atom is 0.326 e. The number of hydrogen-bond acceptors (Lipinski definition) is 10. The molecule has 1 heterocycles. The molecule has 0 unspecified atom stereocenters. The Labute approximate surface area is 202 Å². The largest absolute Gasteiger partial charge is 0.481 e. The van der Waals surface area contributed by atoms with Gasteiger partial charge in [-0.2, -0.15) is 0 Å². The minimum Gasteiger partial charge on any atom is -0.481 e. The molecular formula is C20H33N5O10. The van der Waals surface area contributed by atoms with Gasteiger partial charge in [0.2, 0.25) is 0 Å². The second-order valence-electron chi connectivity index (χ2n) is 7.29. The molecule has 0 bridgehead atoms. The lowest BCUT2D eigenvalue weighted by molar-refractivity contribution is -0.141. The number of carbonyl (C=O) groups is 4. The van der Waals surface area contributed by atoms with E-state index in [4.69, 9.17) is 29.2 Å². The van der Waals surface area contributed by atoms with Crippen LogP contribution in [0.2, 0.25) is 0 Å². The molecule has 1 rings (SSSR count). The van der Waals surface area contributed by atoms with Gasteiger partial charge in [-0.3, -0.25) is 14.3 Å². The number of aryl methyl sites for hydroxylation is 1. The van der Waals surface area contributed by atoms with Gasteiger partial charge in [0.1, 0.15) is 11.7 Å². The van der Waals surface area contributed by atoms with Crippen molar-refractivity contribution < 1.29 is 48.3 Å². The van der Waals surface area contributed by atoms with Crippen LogP contribution in [0.25, 0.3) is 0 Å². The Morgan fingerprint density at radius 3 is 2.51 bits per heavy atom. The highest BCUT2D eigenvalue weighted by Crippen LogP contribution is 2.05. The van der Waals surface area contributed by atoms with Crippen LogP contribution in [0.1, 0.15) is 37.8 Å². The van der Waals surface area contributed by atoms with Crippen LogP contribution in [-0.4, -0.2) is 95.5 Å². The van der Waals surface area contributed by atoms with Gasteiger partial charge in [-0.05, 0) is 19.3 Å². The average molecular weight is 504 g/mol. The molecule has 0 saturated carbocycles. The molecule has 0 aromatic carbocycles. The molecule has 0 aliphatic rings. The Kier molecular flexibility index (Phi) is 15.4. The number of amides is 2. The number of carboxylic acid groups (broad SMARTS) is 2. The van der Waals surface area contributed by atoms with E-state index >= 15 is 0 Å². The zero-order valence-corrected chi connectivity index (χ0v) is 19.6. The molecule has 1 aromatic rings. The van der Waals surface area contributed by atoms with Crippen LogP contribution < -0.4 is 10.6 Å². The van der Waals surface area contributed by atoms with E-state index in [1.807, 2.05) is 0 Å². The number of aromatic nitrogens is 3. The monoisotopic (exact) mass is 503 g/mol.